The zero-order valence-corrected chi connectivity index (χ0v) is 15.9. The molecule has 7 nitrogen and oxygen atoms in total. The second-order valence-electron chi connectivity index (χ2n) is 6.49. The van der Waals surface area contributed by atoms with Gasteiger partial charge in [0.05, 0.1) is 20.3 Å². The van der Waals surface area contributed by atoms with Crippen molar-refractivity contribution in [2.24, 2.45) is 0 Å². The maximum Gasteiger partial charge on any atom is 0.342 e. The van der Waals surface area contributed by atoms with Crippen LogP contribution in [0.2, 0.25) is 0 Å². The van der Waals surface area contributed by atoms with Crippen LogP contribution in [-0.2, 0) is 9.53 Å². The van der Waals surface area contributed by atoms with Crippen LogP contribution in [-0.4, -0.2) is 48.4 Å². The van der Waals surface area contributed by atoms with Crippen molar-refractivity contribution >= 4 is 17.8 Å². The highest BCUT2D eigenvalue weighted by atomic mass is 16.5. The van der Waals surface area contributed by atoms with Gasteiger partial charge >= 0.3 is 5.97 Å². The monoisotopic (exact) mass is 378 g/mol. The molecular formula is C20H26O7. The summed E-state index contributed by atoms with van der Waals surface area (Å²) in [6.45, 7) is 1.73. The maximum atomic E-state index is 12.7. The molecule has 0 amide bonds. The number of benzene rings is 1. The molecule has 1 aliphatic heterocycles. The van der Waals surface area contributed by atoms with E-state index in [0.717, 1.165) is 0 Å². The molecule has 0 unspecified atom stereocenters. The van der Waals surface area contributed by atoms with Crippen LogP contribution < -0.4 is 9.47 Å². The van der Waals surface area contributed by atoms with Gasteiger partial charge in [-0.1, -0.05) is 12.2 Å². The smallest absolute Gasteiger partial charge is 0.342 e. The van der Waals surface area contributed by atoms with Gasteiger partial charge in [0.2, 0.25) is 0 Å². The number of allylic oxidation sites excluding steroid dienone is 1. The van der Waals surface area contributed by atoms with Crippen molar-refractivity contribution in [3.8, 4) is 17.2 Å². The summed E-state index contributed by atoms with van der Waals surface area (Å²) in [7, 11) is 2.86. The number of methoxy groups -OCH3 is 2. The van der Waals surface area contributed by atoms with Crippen LogP contribution >= 0.6 is 0 Å². The van der Waals surface area contributed by atoms with Crippen LogP contribution in [0.5, 0.6) is 17.2 Å². The third-order valence-electron chi connectivity index (χ3n) is 4.50. The van der Waals surface area contributed by atoms with E-state index >= 15 is 0 Å². The van der Waals surface area contributed by atoms with Gasteiger partial charge in [0.15, 0.2) is 17.3 Å². The minimum Gasteiger partial charge on any atom is -0.507 e. The summed E-state index contributed by atoms with van der Waals surface area (Å²) in [5.74, 6) is -0.615. The van der Waals surface area contributed by atoms with Crippen LogP contribution in [0.3, 0.4) is 0 Å². The van der Waals surface area contributed by atoms with E-state index in [1.165, 1.54) is 20.3 Å². The Labute approximate surface area is 158 Å². The molecule has 0 saturated heterocycles. The fourth-order valence-corrected chi connectivity index (χ4v) is 3.04. The lowest BCUT2D eigenvalue weighted by Crippen LogP contribution is -2.21. The van der Waals surface area contributed by atoms with E-state index in [9.17, 15) is 19.8 Å². The molecule has 27 heavy (non-hydrogen) atoms. The van der Waals surface area contributed by atoms with Gasteiger partial charge in [0.1, 0.15) is 17.4 Å². The fourth-order valence-electron chi connectivity index (χ4n) is 3.04. The predicted molar refractivity (Wildman–Crippen MR) is 99.2 cm³/mol. The number of phenolic OH excluding ortho intramolecular Hbond substituents is 1. The molecule has 2 rings (SSSR count). The van der Waals surface area contributed by atoms with Gasteiger partial charge in [0.25, 0.3) is 0 Å². The third-order valence-corrected chi connectivity index (χ3v) is 4.50. The number of carbonyl (C=O) groups excluding carboxylic acids is 2. The van der Waals surface area contributed by atoms with Gasteiger partial charge in [-0.2, -0.15) is 0 Å². The number of hydrogen-bond donors (Lipinski definition) is 2. The number of hydrogen-bond acceptors (Lipinski definition) is 7. The lowest BCUT2D eigenvalue weighted by molar-refractivity contribution is -0.127. The number of carbonyl (C=O) groups is 2. The molecular weight excluding hydrogens is 352 g/mol. The summed E-state index contributed by atoms with van der Waals surface area (Å²) in [6.07, 6.45) is 3.77. The molecule has 0 spiro atoms. The third kappa shape index (κ3) is 5.01. The first-order valence-electron chi connectivity index (χ1n) is 8.95. The van der Waals surface area contributed by atoms with Gasteiger partial charge in [0, 0.05) is 18.1 Å². The summed E-state index contributed by atoms with van der Waals surface area (Å²) in [5, 5.41) is 20.3. The lowest BCUT2D eigenvalue weighted by Gasteiger charge is -2.19. The van der Waals surface area contributed by atoms with Crippen LogP contribution in [0.4, 0.5) is 0 Å². The molecule has 1 heterocycles. The van der Waals surface area contributed by atoms with E-state index in [4.69, 9.17) is 14.2 Å². The Balaban J connectivity index is 2.50. The first kappa shape index (κ1) is 20.8. The van der Waals surface area contributed by atoms with Crippen molar-refractivity contribution in [2.45, 2.75) is 51.2 Å². The Morgan fingerprint density at radius 3 is 2.59 bits per heavy atom. The second kappa shape index (κ2) is 9.41. The Kier molecular flexibility index (Phi) is 7.24. The van der Waals surface area contributed by atoms with E-state index in [0.29, 0.717) is 31.2 Å². The second-order valence-corrected chi connectivity index (χ2v) is 6.49. The molecule has 0 bridgehead atoms. The Morgan fingerprint density at radius 2 is 1.93 bits per heavy atom. The zero-order valence-electron chi connectivity index (χ0n) is 15.9. The van der Waals surface area contributed by atoms with Gasteiger partial charge in [-0.15, -0.1) is 0 Å². The van der Waals surface area contributed by atoms with Gasteiger partial charge < -0.3 is 24.4 Å². The molecule has 1 aromatic rings. The Morgan fingerprint density at radius 1 is 1.19 bits per heavy atom. The number of cyclic esters (lactones) is 1. The minimum atomic E-state index is -1.00. The number of rotatable bonds is 2. The van der Waals surface area contributed by atoms with Crippen molar-refractivity contribution in [1.29, 1.82) is 0 Å². The highest BCUT2D eigenvalue weighted by Crippen LogP contribution is 2.40. The molecule has 0 aromatic heterocycles. The number of aliphatic hydroxyl groups excluding tert-OH is 1. The number of fused-ring (bicyclic) bond motifs is 1. The van der Waals surface area contributed by atoms with E-state index in [-0.39, 0.29) is 35.0 Å². The summed E-state index contributed by atoms with van der Waals surface area (Å²) < 4.78 is 16.0. The number of aromatic hydroxyl groups is 1. The van der Waals surface area contributed by atoms with Crippen LogP contribution in [0.1, 0.15) is 54.9 Å². The van der Waals surface area contributed by atoms with E-state index in [1.54, 1.807) is 19.1 Å². The summed E-state index contributed by atoms with van der Waals surface area (Å²) in [6, 6.07) is 1.31. The molecule has 0 aliphatic carbocycles. The van der Waals surface area contributed by atoms with Crippen LogP contribution in [0.25, 0.3) is 6.08 Å². The number of ketones is 1. The van der Waals surface area contributed by atoms with Crippen molar-refractivity contribution in [3.05, 3.63) is 23.3 Å². The maximum absolute atomic E-state index is 12.7. The molecule has 0 saturated carbocycles. The number of ether oxygens (including phenoxy) is 3. The molecule has 2 N–H and O–H groups in total. The zero-order chi connectivity index (χ0) is 20.0. The molecule has 1 aliphatic rings. The Bertz CT molecular complexity index is 724. The van der Waals surface area contributed by atoms with E-state index < -0.39 is 18.2 Å². The SMILES string of the molecule is COc1cc(O)c2c(c1OC)C=CCCC(=O)[C@H](O)CCC[C@H](C)OC2=O. The highest BCUT2D eigenvalue weighted by molar-refractivity contribution is 5.98. The molecule has 7 heteroatoms. The topological polar surface area (TPSA) is 102 Å². The molecule has 1 aromatic carbocycles. The molecule has 0 fully saturated rings. The fraction of sp³-hybridized carbons (Fsp3) is 0.500. The number of aliphatic hydroxyl groups is 1. The van der Waals surface area contributed by atoms with Crippen molar-refractivity contribution < 1.29 is 34.0 Å². The first-order valence-corrected chi connectivity index (χ1v) is 8.95. The van der Waals surface area contributed by atoms with Gasteiger partial charge in [-0.3, -0.25) is 4.79 Å². The average molecular weight is 378 g/mol. The molecule has 0 radical (unpaired) electrons. The van der Waals surface area contributed by atoms with Gasteiger partial charge in [-0.05, 0) is 32.6 Å². The summed E-state index contributed by atoms with van der Waals surface area (Å²) in [5.41, 5.74) is 0.302. The molecule has 2 atom stereocenters. The van der Waals surface area contributed by atoms with Crippen molar-refractivity contribution in [2.75, 3.05) is 14.2 Å². The minimum absolute atomic E-state index is 0.0147. The number of phenols is 1. The van der Waals surface area contributed by atoms with Gasteiger partial charge in [-0.25, -0.2) is 4.79 Å². The van der Waals surface area contributed by atoms with Crippen LogP contribution in [0.15, 0.2) is 12.1 Å². The largest absolute Gasteiger partial charge is 0.507 e. The number of Topliss-reactive ketones (excluding diaryl/α,β-unsaturated/α-hetero) is 1. The van der Waals surface area contributed by atoms with E-state index in [1.807, 2.05) is 0 Å². The highest BCUT2D eigenvalue weighted by Gasteiger charge is 2.26. The van der Waals surface area contributed by atoms with Crippen molar-refractivity contribution in [1.82, 2.24) is 0 Å². The van der Waals surface area contributed by atoms with E-state index in [2.05, 4.69) is 0 Å². The quantitative estimate of drug-likeness (QED) is 0.763. The lowest BCUT2D eigenvalue weighted by atomic mass is 10.0. The molecule has 148 valence electrons. The predicted octanol–water partition coefficient (Wildman–Crippen LogP) is 2.86. The Hall–Kier alpha value is -2.54. The first-order chi connectivity index (χ1) is 12.9. The van der Waals surface area contributed by atoms with Crippen molar-refractivity contribution in [3.63, 3.8) is 0 Å². The van der Waals surface area contributed by atoms with Crippen LogP contribution in [0, 0.1) is 0 Å². The standard InChI is InChI=1S/C20H26O7/c1-12-7-6-10-15(22)14(21)9-5-4-8-13-18(20(24)27-12)16(23)11-17(25-2)19(13)26-3/h4,8,11-12,15,22-23H,5-7,9-10H2,1-3H3/t12-,15+/m0/s1. The number of esters is 1. The summed E-state index contributed by atoms with van der Waals surface area (Å²) >= 11 is 0. The summed E-state index contributed by atoms with van der Waals surface area (Å²) in [4.78, 5) is 24.7. The average Bonchev–Trinajstić information content (AvgIpc) is 2.63. The normalized spacial score (nSPS) is 21.8.